The molecule has 1 aliphatic heterocycles. The second kappa shape index (κ2) is 32.1. The Morgan fingerprint density at radius 3 is 1.35 bits per heavy atom. The Hall–Kier alpha value is -1.14. The summed E-state index contributed by atoms with van der Waals surface area (Å²) in [6, 6.07) is 0. The van der Waals surface area contributed by atoms with Gasteiger partial charge >= 0.3 is 11.9 Å². The number of hydrogen-bond acceptors (Lipinski definition) is 6. The molecule has 0 radical (unpaired) electrons. The van der Waals surface area contributed by atoms with Gasteiger partial charge in [0, 0.05) is 13.2 Å². The van der Waals surface area contributed by atoms with E-state index in [4.69, 9.17) is 14.2 Å². The van der Waals surface area contributed by atoms with Crippen LogP contribution in [0.2, 0.25) is 0 Å². The molecule has 0 spiro atoms. The molecular weight excluding hydrogens is 647 g/mol. The van der Waals surface area contributed by atoms with Gasteiger partial charge in [0.1, 0.15) is 0 Å². The quantitative estimate of drug-likeness (QED) is 0.0477. The van der Waals surface area contributed by atoms with E-state index >= 15 is 0 Å². The van der Waals surface area contributed by atoms with Gasteiger partial charge in [-0.15, -0.1) is 0 Å². The van der Waals surface area contributed by atoms with Crippen LogP contribution in [0.4, 0.5) is 0 Å². The van der Waals surface area contributed by atoms with Crippen LogP contribution in [0.5, 0.6) is 0 Å². The number of nitrogens with zero attached hydrogens (tertiary/aromatic N) is 1. The molecule has 0 aromatic rings. The van der Waals surface area contributed by atoms with Gasteiger partial charge in [-0.05, 0) is 98.6 Å². The minimum absolute atomic E-state index is 0.0336. The number of carbonyl (C=O) groups is 2. The molecule has 0 saturated carbocycles. The van der Waals surface area contributed by atoms with Crippen molar-refractivity contribution in [1.29, 1.82) is 0 Å². The van der Waals surface area contributed by atoms with Gasteiger partial charge in [0.05, 0.1) is 30.1 Å². The fourth-order valence-corrected chi connectivity index (χ4v) is 7.48. The molecule has 1 aliphatic rings. The number of likely N-dealkylation sites (tertiary alicyclic amines) is 1. The molecule has 1 saturated heterocycles. The fraction of sp³-hybridized carbons (Fsp3) is 0.957. The van der Waals surface area contributed by atoms with Crippen LogP contribution in [0, 0.1) is 10.8 Å². The van der Waals surface area contributed by atoms with Crippen molar-refractivity contribution in [3.8, 4) is 0 Å². The first kappa shape index (κ1) is 48.9. The van der Waals surface area contributed by atoms with Crippen molar-refractivity contribution >= 4 is 11.9 Å². The van der Waals surface area contributed by atoms with E-state index in [1.165, 1.54) is 103 Å². The molecule has 0 bridgehead atoms. The molecule has 52 heavy (non-hydrogen) atoms. The second-order valence-electron chi connectivity index (χ2n) is 17.6. The Morgan fingerprint density at radius 2 is 0.904 bits per heavy atom. The molecule has 0 atom stereocenters. The highest BCUT2D eigenvalue weighted by Gasteiger charge is 2.29. The number of esters is 2. The van der Waals surface area contributed by atoms with Crippen molar-refractivity contribution in [1.82, 2.24) is 4.90 Å². The topological polar surface area (TPSA) is 65.1 Å². The number of unbranched alkanes of at least 4 members (excludes halogenated alkanes) is 16. The maximum absolute atomic E-state index is 12.8. The van der Waals surface area contributed by atoms with Crippen molar-refractivity contribution in [3.05, 3.63) is 0 Å². The molecule has 0 aliphatic carbocycles. The normalized spacial score (nSPS) is 14.5. The lowest BCUT2D eigenvalue weighted by Gasteiger charge is -2.24. The Labute approximate surface area is 324 Å². The van der Waals surface area contributed by atoms with Gasteiger partial charge in [0.25, 0.3) is 0 Å². The summed E-state index contributed by atoms with van der Waals surface area (Å²) in [6.07, 6.45) is 34.6. The average molecular weight is 736 g/mol. The predicted molar refractivity (Wildman–Crippen MR) is 221 cm³/mol. The van der Waals surface area contributed by atoms with Crippen molar-refractivity contribution in [2.75, 3.05) is 39.5 Å². The van der Waals surface area contributed by atoms with Crippen molar-refractivity contribution in [2.24, 2.45) is 10.8 Å². The van der Waals surface area contributed by atoms with Crippen LogP contribution in [0.3, 0.4) is 0 Å². The first-order chi connectivity index (χ1) is 25.1. The standard InChI is InChI=1S/C46H89NO5/c1-7-9-11-13-15-19-29-39-51-43(48)45(3,4)34-25-21-23-32-42(50-41-31-38-47-36-27-17-18-28-37-47)33-24-22-26-35-46(5,6)44(49)52-40-30-20-16-14-12-10-8-2/h42H,7-41H2,1-6H3. The van der Waals surface area contributed by atoms with Gasteiger partial charge in [-0.2, -0.15) is 0 Å². The summed E-state index contributed by atoms with van der Waals surface area (Å²) >= 11 is 0. The van der Waals surface area contributed by atoms with E-state index < -0.39 is 10.8 Å². The van der Waals surface area contributed by atoms with Gasteiger partial charge < -0.3 is 19.1 Å². The van der Waals surface area contributed by atoms with Gasteiger partial charge in [-0.1, -0.05) is 142 Å². The largest absolute Gasteiger partial charge is 0.465 e. The van der Waals surface area contributed by atoms with Crippen LogP contribution in [0.1, 0.15) is 228 Å². The summed E-state index contributed by atoms with van der Waals surface area (Å²) in [4.78, 5) is 28.2. The maximum atomic E-state index is 12.8. The van der Waals surface area contributed by atoms with E-state index in [1.54, 1.807) is 0 Å². The molecule has 0 amide bonds. The summed E-state index contributed by atoms with van der Waals surface area (Å²) in [6.45, 7) is 18.3. The highest BCUT2D eigenvalue weighted by molar-refractivity contribution is 5.76. The minimum atomic E-state index is -0.418. The lowest BCUT2D eigenvalue weighted by atomic mass is 9.86. The zero-order chi connectivity index (χ0) is 38.2. The van der Waals surface area contributed by atoms with E-state index in [2.05, 4.69) is 18.7 Å². The maximum Gasteiger partial charge on any atom is 0.311 e. The van der Waals surface area contributed by atoms with Crippen LogP contribution < -0.4 is 0 Å². The number of rotatable bonds is 35. The third-order valence-corrected chi connectivity index (χ3v) is 11.4. The van der Waals surface area contributed by atoms with Crippen LogP contribution in [0.15, 0.2) is 0 Å². The lowest BCUT2D eigenvalue weighted by Crippen LogP contribution is -2.27. The smallest absolute Gasteiger partial charge is 0.311 e. The van der Waals surface area contributed by atoms with Crippen LogP contribution in [-0.4, -0.2) is 62.4 Å². The highest BCUT2D eigenvalue weighted by Crippen LogP contribution is 2.28. The van der Waals surface area contributed by atoms with E-state index in [1.807, 2.05) is 27.7 Å². The van der Waals surface area contributed by atoms with Crippen molar-refractivity contribution in [2.45, 2.75) is 234 Å². The van der Waals surface area contributed by atoms with Crippen molar-refractivity contribution < 1.29 is 23.8 Å². The van der Waals surface area contributed by atoms with Gasteiger partial charge in [-0.3, -0.25) is 9.59 Å². The molecule has 0 N–H and O–H groups in total. The first-order valence-electron chi connectivity index (χ1n) is 22.8. The summed E-state index contributed by atoms with van der Waals surface area (Å²) in [7, 11) is 0. The lowest BCUT2D eigenvalue weighted by molar-refractivity contribution is -0.155. The number of carbonyl (C=O) groups excluding carboxylic acids is 2. The number of ether oxygens (including phenoxy) is 3. The monoisotopic (exact) mass is 736 g/mol. The van der Waals surface area contributed by atoms with Crippen molar-refractivity contribution in [3.63, 3.8) is 0 Å². The highest BCUT2D eigenvalue weighted by atomic mass is 16.5. The third kappa shape index (κ3) is 26.6. The van der Waals surface area contributed by atoms with Crippen LogP contribution in [-0.2, 0) is 23.8 Å². The first-order valence-corrected chi connectivity index (χ1v) is 22.8. The molecule has 308 valence electrons. The second-order valence-corrected chi connectivity index (χ2v) is 17.6. The molecular formula is C46H89NO5. The molecule has 1 rings (SSSR count). The van der Waals surface area contributed by atoms with E-state index in [-0.39, 0.29) is 11.9 Å². The molecule has 1 fully saturated rings. The summed E-state index contributed by atoms with van der Waals surface area (Å²) in [5.41, 5.74) is -0.836. The van der Waals surface area contributed by atoms with E-state index in [0.717, 1.165) is 109 Å². The zero-order valence-corrected chi connectivity index (χ0v) is 35.8. The predicted octanol–water partition coefficient (Wildman–Crippen LogP) is 13.2. The molecule has 6 nitrogen and oxygen atoms in total. The molecule has 0 aromatic heterocycles. The molecule has 0 aromatic carbocycles. The third-order valence-electron chi connectivity index (χ3n) is 11.4. The van der Waals surface area contributed by atoms with E-state index in [9.17, 15) is 9.59 Å². The fourth-order valence-electron chi connectivity index (χ4n) is 7.48. The molecule has 1 heterocycles. The van der Waals surface area contributed by atoms with Gasteiger partial charge in [0.2, 0.25) is 0 Å². The molecule has 6 heteroatoms. The summed E-state index contributed by atoms with van der Waals surface area (Å²) < 4.78 is 17.9. The van der Waals surface area contributed by atoms with Gasteiger partial charge in [-0.25, -0.2) is 0 Å². The van der Waals surface area contributed by atoms with Crippen LogP contribution in [0.25, 0.3) is 0 Å². The van der Waals surface area contributed by atoms with E-state index in [0.29, 0.717) is 19.3 Å². The Bertz CT molecular complexity index is 781. The Morgan fingerprint density at radius 1 is 0.500 bits per heavy atom. The minimum Gasteiger partial charge on any atom is -0.465 e. The SMILES string of the molecule is CCCCCCCCCOC(=O)C(C)(C)CCCCCC(CCCCCC(C)(C)C(=O)OCCCCCCCCC)OCCCN1CCCCCC1. The average Bonchev–Trinajstić information content (AvgIpc) is 3.40. The van der Waals surface area contributed by atoms with Crippen LogP contribution >= 0.6 is 0 Å². The zero-order valence-electron chi connectivity index (χ0n) is 35.8. The summed E-state index contributed by atoms with van der Waals surface area (Å²) in [5.74, 6) is -0.0672. The Balaban J connectivity index is 2.37. The number of hydrogen-bond donors (Lipinski definition) is 0. The Kier molecular flexibility index (Phi) is 30.2. The molecule has 0 unspecified atom stereocenters. The van der Waals surface area contributed by atoms with Gasteiger partial charge in [0.15, 0.2) is 0 Å². The summed E-state index contributed by atoms with van der Waals surface area (Å²) in [5, 5.41) is 0.